The number of hydrogen-bond donors (Lipinski definition) is 1. The second-order valence-electron chi connectivity index (χ2n) is 6.35. The van der Waals surface area contributed by atoms with E-state index in [9.17, 15) is 9.59 Å². The molecule has 4 rings (SSSR count). The van der Waals surface area contributed by atoms with E-state index in [0.717, 1.165) is 16.9 Å². The molecule has 0 spiro atoms. The third-order valence-corrected chi connectivity index (χ3v) is 4.29. The molecule has 1 aliphatic heterocycles. The summed E-state index contributed by atoms with van der Waals surface area (Å²) in [5, 5.41) is 2.65. The molecule has 1 heterocycles. The smallest absolute Gasteiger partial charge is 0.329 e. The van der Waals surface area contributed by atoms with Crippen molar-refractivity contribution in [1.82, 2.24) is 10.2 Å². The lowest BCUT2D eigenvalue weighted by molar-refractivity contribution is -0.123. The monoisotopic (exact) mass is 370 g/mol. The van der Waals surface area contributed by atoms with E-state index in [4.69, 9.17) is 4.74 Å². The molecular weight excluding hydrogens is 352 g/mol. The second-order valence-corrected chi connectivity index (χ2v) is 6.35. The van der Waals surface area contributed by atoms with Gasteiger partial charge in [0, 0.05) is 0 Å². The van der Waals surface area contributed by atoms with Gasteiger partial charge in [0.2, 0.25) is 0 Å². The van der Waals surface area contributed by atoms with E-state index >= 15 is 0 Å². The molecule has 1 saturated heterocycles. The summed E-state index contributed by atoms with van der Waals surface area (Å²) in [6, 6.07) is 25.8. The van der Waals surface area contributed by atoms with Crippen LogP contribution >= 0.6 is 0 Å². The molecule has 138 valence electrons. The molecule has 0 bridgehead atoms. The Morgan fingerprint density at radius 3 is 2.25 bits per heavy atom. The average molecular weight is 370 g/mol. The molecule has 3 aromatic rings. The maximum atomic E-state index is 12.6. The highest BCUT2D eigenvalue weighted by molar-refractivity contribution is 6.13. The number of ether oxygens (including phenoxy) is 1. The van der Waals surface area contributed by atoms with Crippen LogP contribution in [0.1, 0.15) is 11.1 Å². The van der Waals surface area contributed by atoms with E-state index in [1.54, 1.807) is 6.08 Å². The molecule has 0 radical (unpaired) electrons. The van der Waals surface area contributed by atoms with Crippen molar-refractivity contribution >= 4 is 18.0 Å². The highest BCUT2D eigenvalue weighted by atomic mass is 16.5. The third-order valence-electron chi connectivity index (χ3n) is 4.29. The highest BCUT2D eigenvalue weighted by Gasteiger charge is 2.33. The lowest BCUT2D eigenvalue weighted by atomic mass is 10.1. The number of imide groups is 1. The number of nitrogens with zero attached hydrogens (tertiary/aromatic N) is 1. The van der Waals surface area contributed by atoms with Crippen molar-refractivity contribution in [3.8, 4) is 11.5 Å². The maximum Gasteiger partial charge on any atom is 0.329 e. The van der Waals surface area contributed by atoms with Gasteiger partial charge in [-0.15, -0.1) is 0 Å². The summed E-state index contributed by atoms with van der Waals surface area (Å²) in [6.07, 6.45) is 1.66. The highest BCUT2D eigenvalue weighted by Crippen LogP contribution is 2.24. The SMILES string of the molecule is O=C1N/C(=C/c2cccc(Oc3ccccc3)c2)C(=O)N1Cc1ccccc1. The van der Waals surface area contributed by atoms with Crippen molar-refractivity contribution in [1.29, 1.82) is 0 Å². The molecule has 0 atom stereocenters. The number of benzene rings is 3. The third kappa shape index (κ3) is 3.94. The Labute approximate surface area is 162 Å². The van der Waals surface area contributed by atoms with Crippen LogP contribution in [0.3, 0.4) is 0 Å². The number of nitrogens with one attached hydrogen (secondary N) is 1. The molecule has 0 unspecified atom stereocenters. The first-order valence-corrected chi connectivity index (χ1v) is 8.90. The predicted molar refractivity (Wildman–Crippen MR) is 106 cm³/mol. The van der Waals surface area contributed by atoms with Crippen molar-refractivity contribution in [2.24, 2.45) is 0 Å². The molecule has 28 heavy (non-hydrogen) atoms. The molecule has 5 nitrogen and oxygen atoms in total. The van der Waals surface area contributed by atoms with E-state index in [1.165, 1.54) is 4.90 Å². The Bertz CT molecular complexity index is 1030. The maximum absolute atomic E-state index is 12.6. The lowest BCUT2D eigenvalue weighted by Gasteiger charge is -2.11. The van der Waals surface area contributed by atoms with Gasteiger partial charge in [0.1, 0.15) is 17.2 Å². The Hall–Kier alpha value is -3.86. The van der Waals surface area contributed by atoms with Crippen LogP contribution in [0.25, 0.3) is 6.08 Å². The molecule has 0 aliphatic carbocycles. The van der Waals surface area contributed by atoms with Gasteiger partial charge in [-0.2, -0.15) is 0 Å². The second kappa shape index (κ2) is 7.80. The van der Waals surface area contributed by atoms with Gasteiger partial charge >= 0.3 is 6.03 Å². The summed E-state index contributed by atoms with van der Waals surface area (Å²) in [4.78, 5) is 26.1. The van der Waals surface area contributed by atoms with Crippen molar-refractivity contribution in [3.05, 3.63) is 102 Å². The normalized spacial score (nSPS) is 15.0. The summed E-state index contributed by atoms with van der Waals surface area (Å²) in [5.74, 6) is 1.04. The summed E-state index contributed by atoms with van der Waals surface area (Å²) in [7, 11) is 0. The molecule has 0 aromatic heterocycles. The summed E-state index contributed by atoms with van der Waals surface area (Å²) in [6.45, 7) is 0.236. The van der Waals surface area contributed by atoms with E-state index < -0.39 is 6.03 Å². The van der Waals surface area contributed by atoms with Gasteiger partial charge in [-0.3, -0.25) is 9.69 Å². The zero-order valence-electron chi connectivity index (χ0n) is 15.0. The van der Waals surface area contributed by atoms with Gasteiger partial charge in [-0.1, -0.05) is 60.7 Å². The van der Waals surface area contributed by atoms with E-state index in [2.05, 4.69) is 5.32 Å². The van der Waals surface area contributed by atoms with Crippen molar-refractivity contribution in [3.63, 3.8) is 0 Å². The van der Waals surface area contributed by atoms with E-state index in [0.29, 0.717) is 5.75 Å². The Morgan fingerprint density at radius 1 is 0.821 bits per heavy atom. The molecule has 3 amide bonds. The van der Waals surface area contributed by atoms with Crippen molar-refractivity contribution in [2.75, 3.05) is 0 Å². The fraction of sp³-hybridized carbons (Fsp3) is 0.0435. The first-order valence-electron chi connectivity index (χ1n) is 8.90. The number of hydrogen-bond acceptors (Lipinski definition) is 3. The number of para-hydroxylation sites is 1. The number of carbonyl (C=O) groups excluding carboxylic acids is 2. The zero-order chi connectivity index (χ0) is 19.3. The zero-order valence-corrected chi connectivity index (χ0v) is 15.0. The fourth-order valence-electron chi connectivity index (χ4n) is 2.94. The van der Waals surface area contributed by atoms with Crippen LogP contribution in [0.2, 0.25) is 0 Å². The number of rotatable bonds is 5. The quantitative estimate of drug-likeness (QED) is 0.529. The van der Waals surface area contributed by atoms with E-state index in [-0.39, 0.29) is 18.1 Å². The van der Waals surface area contributed by atoms with Crippen LogP contribution in [0, 0.1) is 0 Å². The molecule has 5 heteroatoms. The number of carbonyl (C=O) groups is 2. The molecular formula is C23H18N2O3. The Kier molecular flexibility index (Phi) is 4.89. The minimum atomic E-state index is -0.420. The van der Waals surface area contributed by atoms with Crippen LogP contribution in [-0.2, 0) is 11.3 Å². The molecule has 1 N–H and O–H groups in total. The predicted octanol–water partition coefficient (Wildman–Crippen LogP) is 4.57. The average Bonchev–Trinajstić information content (AvgIpc) is 2.97. The molecule has 1 fully saturated rings. The van der Waals surface area contributed by atoms with Crippen molar-refractivity contribution in [2.45, 2.75) is 6.54 Å². The minimum Gasteiger partial charge on any atom is -0.457 e. The molecule has 1 aliphatic rings. The summed E-state index contributed by atoms with van der Waals surface area (Å²) in [5.41, 5.74) is 1.90. The van der Waals surface area contributed by atoms with Gasteiger partial charge < -0.3 is 10.1 Å². The Balaban J connectivity index is 1.52. The molecule has 3 aromatic carbocycles. The van der Waals surface area contributed by atoms with Crippen LogP contribution in [-0.4, -0.2) is 16.8 Å². The standard InChI is InChI=1S/C23H18N2O3/c26-22-21(24-23(27)25(22)16-17-8-3-1-4-9-17)15-18-10-7-13-20(14-18)28-19-11-5-2-6-12-19/h1-15H,16H2,(H,24,27)/b21-15+. The van der Waals surface area contributed by atoms with Crippen LogP contribution < -0.4 is 10.1 Å². The lowest BCUT2D eigenvalue weighted by Crippen LogP contribution is -2.30. The fourth-order valence-corrected chi connectivity index (χ4v) is 2.94. The topological polar surface area (TPSA) is 58.6 Å². The minimum absolute atomic E-state index is 0.236. The number of amides is 3. The van der Waals surface area contributed by atoms with Crippen LogP contribution in [0.15, 0.2) is 90.6 Å². The van der Waals surface area contributed by atoms with E-state index in [1.807, 2.05) is 84.9 Å². The van der Waals surface area contributed by atoms with Gasteiger partial charge in [0.05, 0.1) is 6.54 Å². The van der Waals surface area contributed by atoms with Gasteiger partial charge in [-0.25, -0.2) is 4.79 Å². The largest absolute Gasteiger partial charge is 0.457 e. The van der Waals surface area contributed by atoms with Crippen LogP contribution in [0.4, 0.5) is 4.79 Å². The first-order chi connectivity index (χ1) is 13.7. The number of urea groups is 1. The first kappa shape index (κ1) is 17.5. The van der Waals surface area contributed by atoms with Gasteiger partial charge in [0.15, 0.2) is 0 Å². The van der Waals surface area contributed by atoms with Gasteiger partial charge in [0.25, 0.3) is 5.91 Å². The molecule has 0 saturated carbocycles. The Morgan fingerprint density at radius 2 is 1.50 bits per heavy atom. The summed E-state index contributed by atoms with van der Waals surface area (Å²) < 4.78 is 5.82. The van der Waals surface area contributed by atoms with Crippen LogP contribution in [0.5, 0.6) is 11.5 Å². The van der Waals surface area contributed by atoms with Gasteiger partial charge in [-0.05, 0) is 41.5 Å². The summed E-state index contributed by atoms with van der Waals surface area (Å²) >= 11 is 0. The van der Waals surface area contributed by atoms with Crippen molar-refractivity contribution < 1.29 is 14.3 Å².